The van der Waals surface area contributed by atoms with Crippen molar-refractivity contribution in [1.29, 1.82) is 0 Å². The summed E-state index contributed by atoms with van der Waals surface area (Å²) in [6, 6.07) is 0. The topological polar surface area (TPSA) is 53.5 Å². The van der Waals surface area contributed by atoms with Gasteiger partial charge in [-0.25, -0.2) is 0 Å². The Morgan fingerprint density at radius 3 is 2.36 bits per heavy atom. The first-order valence-electron chi connectivity index (χ1n) is 3.41. The van der Waals surface area contributed by atoms with Crippen molar-refractivity contribution in [2.24, 2.45) is 0 Å². The zero-order valence-electron chi connectivity index (χ0n) is 7.09. The lowest BCUT2D eigenvalue weighted by Crippen LogP contribution is -2.00. The van der Waals surface area contributed by atoms with Gasteiger partial charge in [-0.3, -0.25) is 4.79 Å². The fourth-order valence-corrected chi connectivity index (χ4v) is 0.548. The predicted molar refractivity (Wildman–Crippen MR) is 43.4 cm³/mol. The lowest BCUT2D eigenvalue weighted by atomic mass is 10.1. The normalized spacial score (nSPS) is 8.27. The molecule has 0 atom stereocenters. The van der Waals surface area contributed by atoms with Crippen LogP contribution in [0.3, 0.4) is 0 Å². The molecule has 0 fully saturated rings. The minimum absolute atomic E-state index is 0.175. The number of rotatable bonds is 3. The number of Topliss-reactive ketones (excluding diaryl/α,β-unsaturated/α-hetero) is 1. The number of allylic oxidation sites excluding steroid dienone is 2. The standard InChI is InChI=1S/C8H12N2O/c1-6(2)7(3)4-8(11)5-10-9/h5H,4H2,1-3H3. The van der Waals surface area contributed by atoms with E-state index in [9.17, 15) is 4.79 Å². The predicted octanol–water partition coefficient (Wildman–Crippen LogP) is 1.60. The number of carbonyl (C=O) groups excluding carboxylic acids is 1. The first-order valence-corrected chi connectivity index (χ1v) is 3.41. The fourth-order valence-electron chi connectivity index (χ4n) is 0.548. The molecular weight excluding hydrogens is 140 g/mol. The second kappa shape index (κ2) is 4.58. The summed E-state index contributed by atoms with van der Waals surface area (Å²) < 4.78 is 0. The molecule has 0 aliphatic heterocycles. The van der Waals surface area contributed by atoms with E-state index < -0.39 is 0 Å². The van der Waals surface area contributed by atoms with Gasteiger partial charge in [-0.15, -0.1) is 0 Å². The first kappa shape index (κ1) is 9.79. The SMILES string of the molecule is CC(C)=C(C)CC(=O)C=[N+]=[N-]. The van der Waals surface area contributed by atoms with Crippen LogP contribution in [-0.2, 0) is 4.79 Å². The van der Waals surface area contributed by atoms with Crippen LogP contribution in [0, 0.1) is 0 Å². The highest BCUT2D eigenvalue weighted by molar-refractivity contribution is 6.25. The molecule has 0 N–H and O–H groups in total. The minimum atomic E-state index is -0.175. The molecular formula is C8H12N2O. The molecule has 0 saturated carbocycles. The van der Waals surface area contributed by atoms with Gasteiger partial charge >= 0.3 is 6.21 Å². The summed E-state index contributed by atoms with van der Waals surface area (Å²) in [5, 5.41) is 0. The van der Waals surface area contributed by atoms with Crippen LogP contribution in [0.5, 0.6) is 0 Å². The molecule has 0 heterocycles. The molecule has 0 unspecified atom stereocenters. The third-order valence-corrected chi connectivity index (χ3v) is 1.49. The Bertz CT molecular complexity index is 230. The number of hydrogen-bond acceptors (Lipinski definition) is 1. The first-order chi connectivity index (χ1) is 5.07. The van der Waals surface area contributed by atoms with Crippen LogP contribution in [0.4, 0.5) is 0 Å². The quantitative estimate of drug-likeness (QED) is 0.262. The van der Waals surface area contributed by atoms with E-state index in [4.69, 9.17) is 5.53 Å². The highest BCUT2D eigenvalue weighted by Gasteiger charge is 2.03. The molecule has 0 aromatic heterocycles. The summed E-state index contributed by atoms with van der Waals surface area (Å²) in [5.74, 6) is -0.175. The van der Waals surface area contributed by atoms with E-state index in [1.807, 2.05) is 20.8 Å². The van der Waals surface area contributed by atoms with Gasteiger partial charge < -0.3 is 5.53 Å². The molecule has 0 spiro atoms. The number of ketones is 1. The second-order valence-corrected chi connectivity index (χ2v) is 2.67. The van der Waals surface area contributed by atoms with E-state index >= 15 is 0 Å². The molecule has 0 amide bonds. The molecule has 0 rings (SSSR count). The summed E-state index contributed by atoms with van der Waals surface area (Å²) in [4.78, 5) is 13.5. The Balaban J connectivity index is 4.17. The van der Waals surface area contributed by atoms with Gasteiger partial charge in [0.25, 0.3) is 0 Å². The van der Waals surface area contributed by atoms with Gasteiger partial charge in [0, 0.05) is 6.42 Å². The van der Waals surface area contributed by atoms with Gasteiger partial charge in [0.15, 0.2) is 0 Å². The minimum Gasteiger partial charge on any atom is -0.361 e. The van der Waals surface area contributed by atoms with Crippen molar-refractivity contribution in [3.05, 3.63) is 16.7 Å². The van der Waals surface area contributed by atoms with Crippen molar-refractivity contribution in [2.45, 2.75) is 27.2 Å². The Kier molecular flexibility index (Phi) is 4.08. The second-order valence-electron chi connectivity index (χ2n) is 2.67. The Labute approximate surface area is 66.3 Å². The molecule has 0 saturated heterocycles. The van der Waals surface area contributed by atoms with E-state index in [1.165, 1.54) is 0 Å². The van der Waals surface area contributed by atoms with Crippen molar-refractivity contribution < 1.29 is 9.58 Å². The zero-order valence-corrected chi connectivity index (χ0v) is 7.09. The van der Waals surface area contributed by atoms with Gasteiger partial charge in [0.2, 0.25) is 5.78 Å². The molecule has 11 heavy (non-hydrogen) atoms. The molecule has 0 bridgehead atoms. The third kappa shape index (κ3) is 4.23. The monoisotopic (exact) mass is 152 g/mol. The van der Waals surface area contributed by atoms with Crippen LogP contribution in [0.2, 0.25) is 0 Å². The van der Waals surface area contributed by atoms with Crippen molar-refractivity contribution >= 4 is 12.0 Å². The Morgan fingerprint density at radius 2 is 2.00 bits per heavy atom. The molecule has 0 aromatic rings. The maximum absolute atomic E-state index is 10.8. The maximum Gasteiger partial charge on any atom is 0.323 e. The van der Waals surface area contributed by atoms with Crippen molar-refractivity contribution in [3.63, 3.8) is 0 Å². The van der Waals surface area contributed by atoms with Crippen LogP contribution < -0.4 is 0 Å². The molecule has 0 aliphatic rings. The van der Waals surface area contributed by atoms with Crippen molar-refractivity contribution in [2.75, 3.05) is 0 Å². The van der Waals surface area contributed by atoms with Gasteiger partial charge in [-0.2, -0.15) is 4.79 Å². The van der Waals surface area contributed by atoms with E-state index in [2.05, 4.69) is 4.79 Å². The van der Waals surface area contributed by atoms with E-state index in [1.54, 1.807) is 0 Å². The summed E-state index contributed by atoms with van der Waals surface area (Å²) in [6.07, 6.45) is 1.26. The number of hydrogen-bond donors (Lipinski definition) is 0. The summed E-state index contributed by atoms with van der Waals surface area (Å²) in [5.41, 5.74) is 10.2. The van der Waals surface area contributed by atoms with Crippen LogP contribution in [0.15, 0.2) is 11.1 Å². The molecule has 3 heteroatoms. The van der Waals surface area contributed by atoms with Crippen LogP contribution in [0.1, 0.15) is 27.2 Å². The van der Waals surface area contributed by atoms with Crippen molar-refractivity contribution in [1.82, 2.24) is 0 Å². The van der Waals surface area contributed by atoms with Crippen LogP contribution in [-0.4, -0.2) is 16.8 Å². The number of nitrogens with zero attached hydrogens (tertiary/aromatic N) is 2. The lowest BCUT2D eigenvalue weighted by Gasteiger charge is -1.96. The fraction of sp³-hybridized carbons (Fsp3) is 0.500. The summed E-state index contributed by atoms with van der Waals surface area (Å²) in [7, 11) is 0. The van der Waals surface area contributed by atoms with Gasteiger partial charge in [0.1, 0.15) is 0 Å². The summed E-state index contributed by atoms with van der Waals surface area (Å²) in [6.45, 7) is 5.77. The van der Waals surface area contributed by atoms with Crippen LogP contribution >= 0.6 is 0 Å². The zero-order chi connectivity index (χ0) is 8.85. The smallest absolute Gasteiger partial charge is 0.323 e. The van der Waals surface area contributed by atoms with Gasteiger partial charge in [-0.1, -0.05) is 11.1 Å². The molecule has 0 aliphatic carbocycles. The Morgan fingerprint density at radius 1 is 1.45 bits per heavy atom. The molecule has 0 aromatic carbocycles. The average molecular weight is 152 g/mol. The molecule has 0 radical (unpaired) electrons. The molecule has 3 nitrogen and oxygen atoms in total. The highest BCUT2D eigenvalue weighted by atomic mass is 16.1. The van der Waals surface area contributed by atoms with E-state index in [0.29, 0.717) is 6.42 Å². The highest BCUT2D eigenvalue weighted by Crippen LogP contribution is 2.05. The largest absolute Gasteiger partial charge is 0.361 e. The van der Waals surface area contributed by atoms with E-state index in [-0.39, 0.29) is 5.78 Å². The molecule has 60 valence electrons. The average Bonchev–Trinajstić information content (AvgIpc) is 1.87. The van der Waals surface area contributed by atoms with Crippen molar-refractivity contribution in [3.8, 4) is 0 Å². The van der Waals surface area contributed by atoms with E-state index in [0.717, 1.165) is 17.4 Å². The lowest BCUT2D eigenvalue weighted by molar-refractivity contribution is -0.115. The third-order valence-electron chi connectivity index (χ3n) is 1.49. The van der Waals surface area contributed by atoms with Gasteiger partial charge in [0.05, 0.1) is 0 Å². The Hall–Kier alpha value is -1.21. The van der Waals surface area contributed by atoms with Gasteiger partial charge in [-0.05, 0) is 20.8 Å². The van der Waals surface area contributed by atoms with Crippen LogP contribution in [0.25, 0.3) is 5.53 Å². The summed E-state index contributed by atoms with van der Waals surface area (Å²) >= 11 is 0. The number of carbonyl (C=O) groups is 1. The maximum atomic E-state index is 10.8.